The number of oxime groups is 1. The number of rotatable bonds is 5. The molecule has 1 amide bonds. The predicted octanol–water partition coefficient (Wildman–Crippen LogP) is 1.71. The molecule has 1 heterocycles. The first kappa shape index (κ1) is 13.9. The topological polar surface area (TPSA) is 87.7 Å². The smallest absolute Gasteiger partial charge is 0.233 e. The molecule has 4 N–H and O–H groups in total. The zero-order valence-corrected chi connectivity index (χ0v) is 11.6. The van der Waals surface area contributed by atoms with Crippen LogP contribution in [0, 0.1) is 5.41 Å². The summed E-state index contributed by atoms with van der Waals surface area (Å²) in [4.78, 5) is 12.3. The molecule has 0 aliphatic heterocycles. The molecule has 1 saturated carbocycles. The van der Waals surface area contributed by atoms with Crippen LogP contribution in [-0.2, 0) is 11.2 Å². The second kappa shape index (κ2) is 6.06. The highest BCUT2D eigenvalue weighted by molar-refractivity contribution is 7.07. The van der Waals surface area contributed by atoms with Crippen LogP contribution in [0.25, 0.3) is 0 Å². The van der Waals surface area contributed by atoms with Gasteiger partial charge in [0.05, 0.1) is 0 Å². The van der Waals surface area contributed by atoms with Gasteiger partial charge in [-0.05, 0) is 41.7 Å². The van der Waals surface area contributed by atoms with Crippen LogP contribution in [0.5, 0.6) is 0 Å². The summed E-state index contributed by atoms with van der Waals surface area (Å²) >= 11 is 1.65. The number of carbonyl (C=O) groups is 1. The third-order valence-corrected chi connectivity index (χ3v) is 4.50. The van der Waals surface area contributed by atoms with Crippen molar-refractivity contribution in [1.82, 2.24) is 5.32 Å². The van der Waals surface area contributed by atoms with Crippen molar-refractivity contribution in [2.75, 3.05) is 6.54 Å². The zero-order chi connectivity index (χ0) is 13.7. The Morgan fingerprint density at radius 3 is 2.84 bits per heavy atom. The Morgan fingerprint density at radius 2 is 2.26 bits per heavy atom. The highest BCUT2D eigenvalue weighted by Crippen LogP contribution is 2.38. The number of amides is 1. The van der Waals surface area contributed by atoms with Crippen molar-refractivity contribution in [1.29, 1.82) is 0 Å². The Kier molecular flexibility index (Phi) is 4.42. The molecule has 0 aromatic carbocycles. The lowest BCUT2D eigenvalue weighted by Crippen LogP contribution is -2.48. The van der Waals surface area contributed by atoms with Gasteiger partial charge in [0.25, 0.3) is 0 Å². The molecule has 1 aromatic heterocycles. The van der Waals surface area contributed by atoms with Crippen LogP contribution in [0.3, 0.4) is 0 Å². The fourth-order valence-electron chi connectivity index (χ4n) is 2.60. The van der Waals surface area contributed by atoms with E-state index < -0.39 is 5.41 Å². The monoisotopic (exact) mass is 281 g/mol. The molecule has 1 aliphatic rings. The molecule has 0 unspecified atom stereocenters. The average molecular weight is 281 g/mol. The second-order valence-electron chi connectivity index (χ2n) is 4.91. The lowest BCUT2D eigenvalue weighted by molar-refractivity contribution is -0.127. The molecule has 1 fully saturated rings. The molecular weight excluding hydrogens is 262 g/mol. The first-order valence-corrected chi connectivity index (χ1v) is 7.41. The number of hydrogen-bond acceptors (Lipinski definition) is 4. The van der Waals surface area contributed by atoms with Gasteiger partial charge in [-0.25, -0.2) is 0 Å². The van der Waals surface area contributed by atoms with Crippen molar-refractivity contribution in [2.24, 2.45) is 16.3 Å². The van der Waals surface area contributed by atoms with E-state index >= 15 is 0 Å². The van der Waals surface area contributed by atoms with E-state index in [4.69, 9.17) is 10.9 Å². The van der Waals surface area contributed by atoms with E-state index in [1.54, 1.807) is 11.3 Å². The van der Waals surface area contributed by atoms with Crippen LogP contribution in [0.15, 0.2) is 22.0 Å². The Hall–Kier alpha value is -1.56. The third-order valence-electron chi connectivity index (χ3n) is 3.77. The standard InChI is InChI=1S/C13H19N3O2S/c14-11(16-18)13(5-1-2-6-13)12(17)15-7-3-10-4-8-19-9-10/h4,8-9,18H,1-3,5-7H2,(H2,14,16)(H,15,17). The summed E-state index contributed by atoms with van der Waals surface area (Å²) in [6.45, 7) is 0.579. The number of nitrogens with two attached hydrogens (primary N) is 1. The number of thiophene rings is 1. The lowest BCUT2D eigenvalue weighted by atomic mass is 9.84. The van der Waals surface area contributed by atoms with Crippen molar-refractivity contribution in [2.45, 2.75) is 32.1 Å². The molecule has 0 spiro atoms. The van der Waals surface area contributed by atoms with E-state index in [9.17, 15) is 4.79 Å². The van der Waals surface area contributed by atoms with E-state index in [0.29, 0.717) is 19.4 Å². The Bertz CT molecular complexity index is 450. The number of amidine groups is 1. The van der Waals surface area contributed by atoms with Crippen molar-refractivity contribution < 1.29 is 10.0 Å². The van der Waals surface area contributed by atoms with Gasteiger partial charge in [-0.15, -0.1) is 0 Å². The maximum absolute atomic E-state index is 12.3. The highest BCUT2D eigenvalue weighted by atomic mass is 32.1. The van der Waals surface area contributed by atoms with Gasteiger partial charge >= 0.3 is 0 Å². The van der Waals surface area contributed by atoms with E-state index in [2.05, 4.69) is 15.9 Å². The summed E-state index contributed by atoms with van der Waals surface area (Å²) in [5.74, 6) is -0.0754. The minimum atomic E-state index is -0.802. The molecule has 0 bridgehead atoms. The molecule has 104 valence electrons. The van der Waals surface area contributed by atoms with Crippen LogP contribution < -0.4 is 11.1 Å². The molecule has 1 aromatic rings. The maximum Gasteiger partial charge on any atom is 0.233 e. The summed E-state index contributed by atoms with van der Waals surface area (Å²) in [6.07, 6.45) is 4.00. The fraction of sp³-hybridized carbons (Fsp3) is 0.538. The van der Waals surface area contributed by atoms with Crippen molar-refractivity contribution in [3.05, 3.63) is 22.4 Å². The fourth-order valence-corrected chi connectivity index (χ4v) is 3.30. The molecule has 1 aliphatic carbocycles. The van der Waals surface area contributed by atoms with Gasteiger partial charge < -0.3 is 16.3 Å². The Labute approximate surface area is 116 Å². The molecule has 5 nitrogen and oxygen atoms in total. The summed E-state index contributed by atoms with van der Waals surface area (Å²) in [7, 11) is 0. The van der Waals surface area contributed by atoms with Gasteiger partial charge in [0.2, 0.25) is 5.91 Å². The Morgan fingerprint density at radius 1 is 1.53 bits per heavy atom. The molecular formula is C13H19N3O2S. The first-order valence-electron chi connectivity index (χ1n) is 6.46. The molecule has 0 radical (unpaired) electrons. The second-order valence-corrected chi connectivity index (χ2v) is 5.69. The number of nitrogens with zero attached hydrogens (tertiary/aromatic N) is 1. The van der Waals surface area contributed by atoms with Gasteiger partial charge in [0, 0.05) is 6.54 Å². The third kappa shape index (κ3) is 2.89. The average Bonchev–Trinajstić information content (AvgIpc) is 3.09. The molecule has 6 heteroatoms. The molecule has 0 saturated heterocycles. The molecule has 2 rings (SSSR count). The lowest BCUT2D eigenvalue weighted by Gasteiger charge is -2.25. The maximum atomic E-state index is 12.3. The summed E-state index contributed by atoms with van der Waals surface area (Å²) in [5.41, 5.74) is 6.14. The van der Waals surface area contributed by atoms with Crippen LogP contribution in [0.2, 0.25) is 0 Å². The van der Waals surface area contributed by atoms with Crippen LogP contribution in [0.4, 0.5) is 0 Å². The summed E-state index contributed by atoms with van der Waals surface area (Å²) in [5, 5.41) is 18.9. The largest absolute Gasteiger partial charge is 0.409 e. The van der Waals surface area contributed by atoms with E-state index in [1.807, 2.05) is 11.4 Å². The number of carbonyl (C=O) groups excluding carboxylic acids is 1. The van der Waals surface area contributed by atoms with Gasteiger partial charge in [-0.2, -0.15) is 11.3 Å². The van der Waals surface area contributed by atoms with Crippen molar-refractivity contribution in [3.8, 4) is 0 Å². The predicted molar refractivity (Wildman–Crippen MR) is 75.3 cm³/mol. The molecule has 0 atom stereocenters. The number of nitrogens with one attached hydrogen (secondary N) is 1. The van der Waals surface area contributed by atoms with E-state index in [-0.39, 0.29) is 11.7 Å². The minimum Gasteiger partial charge on any atom is -0.409 e. The zero-order valence-electron chi connectivity index (χ0n) is 10.8. The van der Waals surface area contributed by atoms with Gasteiger partial charge in [0.1, 0.15) is 5.41 Å². The van der Waals surface area contributed by atoms with E-state index in [1.165, 1.54) is 5.56 Å². The first-order chi connectivity index (χ1) is 9.19. The summed E-state index contributed by atoms with van der Waals surface area (Å²) in [6, 6.07) is 2.05. The SMILES string of the molecule is NC(=NO)C1(C(=O)NCCc2ccsc2)CCCC1. The van der Waals surface area contributed by atoms with Gasteiger partial charge in [-0.1, -0.05) is 18.0 Å². The van der Waals surface area contributed by atoms with Crippen molar-refractivity contribution in [3.63, 3.8) is 0 Å². The van der Waals surface area contributed by atoms with Crippen LogP contribution in [-0.4, -0.2) is 23.5 Å². The normalized spacial score (nSPS) is 18.4. The van der Waals surface area contributed by atoms with Gasteiger partial charge in [0.15, 0.2) is 5.84 Å². The van der Waals surface area contributed by atoms with Crippen LogP contribution >= 0.6 is 11.3 Å². The molecule has 19 heavy (non-hydrogen) atoms. The van der Waals surface area contributed by atoms with Crippen LogP contribution in [0.1, 0.15) is 31.2 Å². The quantitative estimate of drug-likeness (QED) is 0.332. The van der Waals surface area contributed by atoms with Crippen molar-refractivity contribution >= 4 is 23.1 Å². The summed E-state index contributed by atoms with van der Waals surface area (Å²) < 4.78 is 0. The number of hydrogen-bond donors (Lipinski definition) is 3. The Balaban J connectivity index is 1.93. The highest BCUT2D eigenvalue weighted by Gasteiger charge is 2.45. The van der Waals surface area contributed by atoms with Gasteiger partial charge in [-0.3, -0.25) is 4.79 Å². The van der Waals surface area contributed by atoms with E-state index in [0.717, 1.165) is 19.3 Å². The minimum absolute atomic E-state index is 0.0398.